The van der Waals surface area contributed by atoms with Crippen molar-refractivity contribution < 1.29 is 33.1 Å². The molecule has 0 saturated carbocycles. The molecule has 5 N–H and O–H groups in total. The predicted molar refractivity (Wildman–Crippen MR) is 137 cm³/mol. The third kappa shape index (κ3) is 9.05. The van der Waals surface area contributed by atoms with Crippen LogP contribution in [0.5, 0.6) is 5.75 Å². The summed E-state index contributed by atoms with van der Waals surface area (Å²) in [4.78, 5) is 68.1. The van der Waals surface area contributed by atoms with Crippen LogP contribution in [0.4, 0.5) is 4.39 Å². The number of ether oxygens (including phenoxy) is 1. The molecule has 1 atom stereocenters. The van der Waals surface area contributed by atoms with Gasteiger partial charge in [-0.05, 0) is 43.2 Å². The number of halogens is 1. The summed E-state index contributed by atoms with van der Waals surface area (Å²) >= 11 is 0. The van der Waals surface area contributed by atoms with Gasteiger partial charge in [-0.3, -0.25) is 29.0 Å². The van der Waals surface area contributed by atoms with Crippen molar-refractivity contribution in [2.75, 3.05) is 32.8 Å². The number of carbonyl (C=O) groups is 5. The maximum absolute atomic E-state index is 14.0. The van der Waals surface area contributed by atoms with E-state index in [-0.39, 0.29) is 75.2 Å². The molecule has 3 rings (SSSR count). The molecule has 0 spiro atoms. The molecule has 0 unspecified atom stereocenters. The Balaban J connectivity index is 1.81. The van der Waals surface area contributed by atoms with Crippen LogP contribution in [0.3, 0.4) is 0 Å². The first-order valence-corrected chi connectivity index (χ1v) is 12.5. The van der Waals surface area contributed by atoms with E-state index in [4.69, 9.17) is 10.5 Å². The van der Waals surface area contributed by atoms with E-state index in [1.165, 1.54) is 23.4 Å². The van der Waals surface area contributed by atoms with Gasteiger partial charge in [0.25, 0.3) is 11.8 Å². The molecule has 39 heavy (non-hydrogen) atoms. The van der Waals surface area contributed by atoms with Crippen LogP contribution in [0.25, 0.3) is 0 Å². The number of rotatable bonds is 4. The van der Waals surface area contributed by atoms with Gasteiger partial charge < -0.3 is 31.3 Å². The van der Waals surface area contributed by atoms with E-state index in [0.717, 1.165) is 12.1 Å². The molecule has 1 aromatic carbocycles. The fourth-order valence-corrected chi connectivity index (χ4v) is 3.90. The molecule has 2 heterocycles. The van der Waals surface area contributed by atoms with Gasteiger partial charge >= 0.3 is 0 Å². The van der Waals surface area contributed by atoms with Gasteiger partial charge in [0, 0.05) is 50.4 Å². The second-order valence-corrected chi connectivity index (χ2v) is 8.79. The van der Waals surface area contributed by atoms with Crippen molar-refractivity contribution in [2.45, 2.75) is 31.7 Å². The average molecular weight is 543 g/mol. The number of fused-ring (bicyclic) bond motifs is 1. The van der Waals surface area contributed by atoms with E-state index in [1.807, 2.05) is 0 Å². The highest BCUT2D eigenvalue weighted by atomic mass is 19.1. The molecule has 12 nitrogen and oxygen atoms in total. The van der Waals surface area contributed by atoms with Crippen LogP contribution in [0.2, 0.25) is 0 Å². The number of nitrogens with two attached hydrogens (primary N) is 1. The monoisotopic (exact) mass is 542 g/mol. The molecule has 1 aliphatic heterocycles. The number of benzene rings is 1. The van der Waals surface area contributed by atoms with Crippen LogP contribution < -0.4 is 26.4 Å². The number of hydrogen-bond donors (Lipinski definition) is 4. The van der Waals surface area contributed by atoms with Gasteiger partial charge in [0.2, 0.25) is 17.7 Å². The summed E-state index contributed by atoms with van der Waals surface area (Å²) in [7, 11) is 0. The van der Waals surface area contributed by atoms with Gasteiger partial charge in [0.15, 0.2) is 0 Å². The van der Waals surface area contributed by atoms with E-state index in [9.17, 15) is 28.4 Å². The number of nitrogens with zero attached hydrogens (tertiary/aromatic N) is 2. The Morgan fingerprint density at radius 1 is 1.08 bits per heavy atom. The first-order valence-electron chi connectivity index (χ1n) is 12.5. The summed E-state index contributed by atoms with van der Waals surface area (Å²) in [6.07, 6.45) is 3.22. The predicted octanol–water partition coefficient (Wildman–Crippen LogP) is 0.132. The fraction of sp³-hybridized carbons (Fsp3) is 0.385. The second-order valence-electron chi connectivity index (χ2n) is 8.79. The van der Waals surface area contributed by atoms with Gasteiger partial charge in [0.05, 0.1) is 12.1 Å². The summed E-state index contributed by atoms with van der Waals surface area (Å²) in [6.45, 7) is 0.518. The zero-order chi connectivity index (χ0) is 28.2. The minimum Gasteiger partial charge on any atom is -0.491 e. The molecule has 5 amide bonds. The number of primary amides is 1. The molecule has 1 aliphatic rings. The SMILES string of the molecule is NC(=O)CC[C@@H]1NC(=O)c2cc(F)ccc2OCCNC(=O)CCCN(C(=O)c2ccncc2)CCNC1=O. The minimum absolute atomic E-state index is 0.00407. The lowest BCUT2D eigenvalue weighted by atomic mass is 10.1. The third-order valence-corrected chi connectivity index (χ3v) is 5.90. The minimum atomic E-state index is -1.16. The fourth-order valence-electron chi connectivity index (χ4n) is 3.90. The van der Waals surface area contributed by atoms with Gasteiger partial charge in [-0.15, -0.1) is 0 Å². The van der Waals surface area contributed by atoms with Crippen molar-refractivity contribution in [3.63, 3.8) is 0 Å². The second kappa shape index (κ2) is 14.4. The molecule has 0 saturated heterocycles. The van der Waals surface area contributed by atoms with Crippen molar-refractivity contribution in [3.8, 4) is 5.75 Å². The van der Waals surface area contributed by atoms with Crippen molar-refractivity contribution in [2.24, 2.45) is 5.73 Å². The Hall–Kier alpha value is -4.55. The Morgan fingerprint density at radius 3 is 2.59 bits per heavy atom. The molecule has 0 aliphatic carbocycles. The normalized spacial score (nSPS) is 17.8. The Labute approximate surface area is 224 Å². The molecule has 0 fully saturated rings. The smallest absolute Gasteiger partial charge is 0.255 e. The van der Waals surface area contributed by atoms with Crippen LogP contribution in [0.15, 0.2) is 42.7 Å². The maximum atomic E-state index is 14.0. The number of carbonyl (C=O) groups excluding carboxylic acids is 5. The maximum Gasteiger partial charge on any atom is 0.255 e. The summed E-state index contributed by atoms with van der Waals surface area (Å²) in [5.74, 6) is -3.26. The lowest BCUT2D eigenvalue weighted by molar-refractivity contribution is -0.123. The summed E-state index contributed by atoms with van der Waals surface area (Å²) < 4.78 is 19.6. The Kier molecular flexibility index (Phi) is 10.7. The van der Waals surface area contributed by atoms with E-state index in [2.05, 4.69) is 20.9 Å². The van der Waals surface area contributed by atoms with E-state index < -0.39 is 29.6 Å². The molecule has 2 aromatic rings. The lowest BCUT2D eigenvalue weighted by Gasteiger charge is -2.24. The van der Waals surface area contributed by atoms with Crippen molar-refractivity contribution in [1.82, 2.24) is 25.8 Å². The summed E-state index contributed by atoms with van der Waals surface area (Å²) in [5, 5.41) is 7.88. The molecular weight excluding hydrogens is 511 g/mol. The molecule has 208 valence electrons. The quantitative estimate of drug-likeness (QED) is 0.425. The molecule has 0 bridgehead atoms. The summed E-state index contributed by atoms with van der Waals surface area (Å²) in [5.41, 5.74) is 5.48. The largest absolute Gasteiger partial charge is 0.491 e. The van der Waals surface area contributed by atoms with Crippen molar-refractivity contribution in [3.05, 3.63) is 59.7 Å². The average Bonchev–Trinajstić information content (AvgIpc) is 2.92. The van der Waals surface area contributed by atoms with Crippen LogP contribution in [0, 0.1) is 5.82 Å². The van der Waals surface area contributed by atoms with Gasteiger partial charge in [-0.25, -0.2) is 4.39 Å². The standard InChI is InChI=1S/C26H31FN6O6/c27-18-3-5-21-19(16-18)24(36)32-20(4-6-22(28)34)25(37)31-11-14-33(26(38)17-7-9-29-10-8-17)13-1-2-23(35)30-12-15-39-21/h3,5,7-10,16,20H,1-2,4,6,11-15H2,(H2,28,34)(H,30,35)(H,31,37)(H,32,36)/t20-/m0/s1. The van der Waals surface area contributed by atoms with Crippen molar-refractivity contribution >= 4 is 29.5 Å². The first-order chi connectivity index (χ1) is 18.7. The van der Waals surface area contributed by atoms with Gasteiger partial charge in [-0.1, -0.05) is 0 Å². The van der Waals surface area contributed by atoms with Crippen LogP contribution in [-0.2, 0) is 14.4 Å². The first kappa shape index (κ1) is 29.0. The zero-order valence-electron chi connectivity index (χ0n) is 21.3. The van der Waals surface area contributed by atoms with Gasteiger partial charge in [0.1, 0.15) is 24.2 Å². The van der Waals surface area contributed by atoms with E-state index in [0.29, 0.717) is 12.0 Å². The number of aromatic nitrogens is 1. The van der Waals surface area contributed by atoms with Gasteiger partial charge in [-0.2, -0.15) is 0 Å². The highest BCUT2D eigenvalue weighted by Crippen LogP contribution is 2.20. The third-order valence-electron chi connectivity index (χ3n) is 5.90. The van der Waals surface area contributed by atoms with E-state index in [1.54, 1.807) is 12.1 Å². The number of nitrogens with one attached hydrogen (secondary N) is 3. The Bertz CT molecular complexity index is 1190. The topological polar surface area (TPSA) is 173 Å². The Morgan fingerprint density at radius 2 is 1.85 bits per heavy atom. The van der Waals surface area contributed by atoms with Crippen molar-refractivity contribution in [1.29, 1.82) is 0 Å². The van der Waals surface area contributed by atoms with Crippen LogP contribution in [-0.4, -0.2) is 78.2 Å². The molecule has 13 heteroatoms. The lowest BCUT2D eigenvalue weighted by Crippen LogP contribution is -2.49. The number of amides is 5. The molecular formula is C26H31FN6O6. The molecule has 1 aromatic heterocycles. The van der Waals surface area contributed by atoms with Crippen LogP contribution in [0.1, 0.15) is 46.4 Å². The highest BCUT2D eigenvalue weighted by molar-refractivity contribution is 6.00. The van der Waals surface area contributed by atoms with E-state index >= 15 is 0 Å². The number of pyridine rings is 1. The zero-order valence-corrected chi connectivity index (χ0v) is 21.3. The molecule has 0 radical (unpaired) electrons. The number of hydrogen-bond acceptors (Lipinski definition) is 7. The summed E-state index contributed by atoms with van der Waals surface area (Å²) in [6, 6.07) is 5.32. The highest BCUT2D eigenvalue weighted by Gasteiger charge is 2.25. The van der Waals surface area contributed by atoms with Crippen LogP contribution >= 0.6 is 0 Å².